The van der Waals surface area contributed by atoms with Gasteiger partial charge < -0.3 is 15.0 Å². The summed E-state index contributed by atoms with van der Waals surface area (Å²) in [6.45, 7) is 4.51. The number of rotatable bonds is 7. The van der Waals surface area contributed by atoms with Crippen molar-refractivity contribution in [3.8, 4) is 11.3 Å². The van der Waals surface area contributed by atoms with Gasteiger partial charge in [0.2, 0.25) is 0 Å². The molecular weight excluding hydrogens is 449 g/mol. The number of aromatic amines is 1. The molecule has 11 heteroatoms. The van der Waals surface area contributed by atoms with Crippen molar-refractivity contribution < 1.29 is 9.13 Å². The van der Waals surface area contributed by atoms with Gasteiger partial charge in [0.05, 0.1) is 42.7 Å². The van der Waals surface area contributed by atoms with Gasteiger partial charge in [0.1, 0.15) is 6.54 Å². The number of morpholine rings is 1. The number of aryl methyl sites for hydroxylation is 1. The number of hydrogen-bond donors (Lipinski definition) is 2. The van der Waals surface area contributed by atoms with E-state index in [-0.39, 0.29) is 18.3 Å². The Bertz CT molecular complexity index is 1300. The minimum atomic E-state index is -0.485. The van der Waals surface area contributed by atoms with Crippen LogP contribution in [-0.2, 0) is 11.3 Å². The van der Waals surface area contributed by atoms with Crippen LogP contribution in [0.25, 0.3) is 11.3 Å². The smallest absolute Gasteiger partial charge is 0.270 e. The van der Waals surface area contributed by atoms with Gasteiger partial charge in [0, 0.05) is 30.5 Å². The summed E-state index contributed by atoms with van der Waals surface area (Å²) in [5.74, 6) is -0.155. The topological polar surface area (TPSA) is 117 Å². The quantitative estimate of drug-likeness (QED) is 0.378. The van der Waals surface area contributed by atoms with Gasteiger partial charge >= 0.3 is 0 Å². The summed E-state index contributed by atoms with van der Waals surface area (Å²) < 4.78 is 19.5. The van der Waals surface area contributed by atoms with Crippen LogP contribution in [0, 0.1) is 12.7 Å². The molecule has 3 aromatic heterocycles. The minimum Gasteiger partial charge on any atom is -0.378 e. The molecule has 0 radical (unpaired) electrons. The van der Waals surface area contributed by atoms with E-state index >= 15 is 0 Å². The van der Waals surface area contributed by atoms with Crippen LogP contribution >= 0.6 is 0 Å². The van der Waals surface area contributed by atoms with E-state index in [0.717, 1.165) is 40.1 Å². The zero-order valence-corrected chi connectivity index (χ0v) is 19.1. The standard InChI is InChI=1S/C24H24FN9O/c1-16-10-17(22-4-5-28-32-22)12-20(11-16)30-19-3-2-18(26-13-19)14-29-33-24-27-15-21(25)23(31-24)34-6-8-35-9-7-34/h2-5,10-13,15,30H,6-9,14H2,1H3,(H,28,32). The number of hydrogen-bond acceptors (Lipinski definition) is 9. The van der Waals surface area contributed by atoms with Gasteiger partial charge in [0.25, 0.3) is 5.95 Å². The Morgan fingerprint density at radius 2 is 1.97 bits per heavy atom. The summed E-state index contributed by atoms with van der Waals surface area (Å²) in [7, 11) is 0. The lowest BCUT2D eigenvalue weighted by Crippen LogP contribution is -2.37. The second-order valence-corrected chi connectivity index (χ2v) is 8.06. The molecule has 0 atom stereocenters. The summed E-state index contributed by atoms with van der Waals surface area (Å²) in [6, 6.07) is 12.0. The van der Waals surface area contributed by atoms with Gasteiger partial charge in [-0.1, -0.05) is 0 Å². The highest BCUT2D eigenvalue weighted by Gasteiger charge is 2.17. The maximum atomic E-state index is 14.2. The van der Waals surface area contributed by atoms with Crippen LogP contribution < -0.4 is 10.2 Å². The monoisotopic (exact) mass is 473 g/mol. The second kappa shape index (κ2) is 10.3. The van der Waals surface area contributed by atoms with E-state index in [0.29, 0.717) is 26.3 Å². The third-order valence-electron chi connectivity index (χ3n) is 5.42. The van der Waals surface area contributed by atoms with E-state index in [9.17, 15) is 4.39 Å². The van der Waals surface area contributed by atoms with Crippen LogP contribution in [0.15, 0.2) is 65.2 Å². The second-order valence-electron chi connectivity index (χ2n) is 8.06. The number of halogens is 1. The maximum Gasteiger partial charge on any atom is 0.270 e. The van der Waals surface area contributed by atoms with E-state index in [1.807, 2.05) is 30.0 Å². The number of H-pyrrole nitrogens is 1. The summed E-state index contributed by atoms with van der Waals surface area (Å²) in [6.07, 6.45) is 4.60. The summed E-state index contributed by atoms with van der Waals surface area (Å²) in [5, 5.41) is 18.6. The lowest BCUT2D eigenvalue weighted by Gasteiger charge is -2.27. The molecule has 4 heterocycles. The number of ether oxygens (including phenoxy) is 1. The van der Waals surface area contributed by atoms with Crippen molar-refractivity contribution in [1.29, 1.82) is 0 Å². The van der Waals surface area contributed by atoms with Crippen molar-refractivity contribution >= 4 is 23.1 Å². The molecular formula is C24H24FN9O. The average Bonchev–Trinajstić information content (AvgIpc) is 3.42. The van der Waals surface area contributed by atoms with Crippen LogP contribution in [0.2, 0.25) is 0 Å². The fraction of sp³-hybridized carbons (Fsp3) is 0.250. The van der Waals surface area contributed by atoms with E-state index in [2.05, 4.69) is 58.9 Å². The first-order valence-corrected chi connectivity index (χ1v) is 11.2. The van der Waals surface area contributed by atoms with Crippen LogP contribution in [-0.4, -0.2) is 51.5 Å². The van der Waals surface area contributed by atoms with Gasteiger partial charge in [-0.2, -0.15) is 15.2 Å². The Labute approximate surface area is 201 Å². The van der Waals surface area contributed by atoms with Crippen molar-refractivity contribution in [3.05, 3.63) is 72.1 Å². The maximum absolute atomic E-state index is 14.2. The first-order valence-electron chi connectivity index (χ1n) is 11.2. The Kier molecular flexibility index (Phi) is 6.66. The van der Waals surface area contributed by atoms with Gasteiger partial charge in [-0.25, -0.2) is 9.37 Å². The Morgan fingerprint density at radius 1 is 1.09 bits per heavy atom. The zero-order valence-electron chi connectivity index (χ0n) is 19.1. The number of nitrogens with one attached hydrogen (secondary N) is 2. The van der Waals surface area contributed by atoms with Crippen LogP contribution in [0.4, 0.5) is 27.5 Å². The number of aromatic nitrogens is 5. The van der Waals surface area contributed by atoms with Gasteiger partial charge in [0.15, 0.2) is 11.6 Å². The van der Waals surface area contributed by atoms with Gasteiger partial charge in [-0.05, 0) is 48.9 Å². The van der Waals surface area contributed by atoms with Crippen molar-refractivity contribution in [3.63, 3.8) is 0 Å². The number of azo groups is 1. The van der Waals surface area contributed by atoms with E-state index < -0.39 is 5.82 Å². The summed E-state index contributed by atoms with van der Waals surface area (Å²) in [5.41, 5.74) is 5.67. The molecule has 178 valence electrons. The highest BCUT2D eigenvalue weighted by Crippen LogP contribution is 2.25. The molecule has 0 unspecified atom stereocenters. The molecule has 1 aromatic carbocycles. The van der Waals surface area contributed by atoms with Gasteiger partial charge in [-0.15, -0.1) is 5.11 Å². The largest absolute Gasteiger partial charge is 0.378 e. The third kappa shape index (κ3) is 5.64. The summed E-state index contributed by atoms with van der Waals surface area (Å²) in [4.78, 5) is 14.4. The Hall–Kier alpha value is -4.25. The number of pyridine rings is 1. The van der Waals surface area contributed by atoms with Crippen LogP contribution in [0.1, 0.15) is 11.3 Å². The fourth-order valence-electron chi connectivity index (χ4n) is 3.75. The third-order valence-corrected chi connectivity index (χ3v) is 5.42. The van der Waals surface area contributed by atoms with Crippen LogP contribution in [0.5, 0.6) is 0 Å². The summed E-state index contributed by atoms with van der Waals surface area (Å²) >= 11 is 0. The molecule has 0 bridgehead atoms. The Balaban J connectivity index is 1.22. The predicted octanol–water partition coefficient (Wildman–Crippen LogP) is 4.57. The average molecular weight is 474 g/mol. The molecule has 10 nitrogen and oxygen atoms in total. The molecule has 1 saturated heterocycles. The molecule has 0 spiro atoms. The van der Waals surface area contributed by atoms with Crippen LogP contribution in [0.3, 0.4) is 0 Å². The molecule has 0 saturated carbocycles. The predicted molar refractivity (Wildman–Crippen MR) is 130 cm³/mol. The SMILES string of the molecule is Cc1cc(Nc2ccc(CN=Nc3ncc(F)c(N4CCOCC4)n3)nc2)cc(-c2ccn[nH]2)c1. The van der Waals surface area contributed by atoms with Crippen molar-refractivity contribution in [2.45, 2.75) is 13.5 Å². The first kappa shape index (κ1) is 22.5. The lowest BCUT2D eigenvalue weighted by molar-refractivity contribution is 0.122. The Morgan fingerprint density at radius 3 is 2.74 bits per heavy atom. The van der Waals surface area contributed by atoms with E-state index in [4.69, 9.17) is 4.74 Å². The van der Waals surface area contributed by atoms with Crippen molar-refractivity contribution in [2.75, 3.05) is 36.5 Å². The first-order chi connectivity index (χ1) is 17.1. The van der Waals surface area contributed by atoms with Gasteiger partial charge in [-0.3, -0.25) is 10.1 Å². The molecule has 0 amide bonds. The fourth-order valence-corrected chi connectivity index (χ4v) is 3.75. The minimum absolute atomic E-state index is 0.110. The molecule has 0 aliphatic carbocycles. The molecule has 1 fully saturated rings. The zero-order chi connectivity index (χ0) is 24.0. The molecule has 4 aromatic rings. The highest BCUT2D eigenvalue weighted by molar-refractivity contribution is 5.69. The molecule has 1 aliphatic rings. The van der Waals surface area contributed by atoms with Crippen molar-refractivity contribution in [2.24, 2.45) is 10.2 Å². The molecule has 2 N–H and O–H groups in total. The normalized spacial score (nSPS) is 13.9. The lowest BCUT2D eigenvalue weighted by atomic mass is 10.1. The molecule has 35 heavy (non-hydrogen) atoms. The molecule has 5 rings (SSSR count). The van der Waals surface area contributed by atoms with Crippen molar-refractivity contribution in [1.82, 2.24) is 25.1 Å². The highest BCUT2D eigenvalue weighted by atomic mass is 19.1. The number of anilines is 3. The number of nitrogens with zero attached hydrogens (tertiary/aromatic N) is 7. The molecule has 1 aliphatic heterocycles. The number of benzene rings is 1. The van der Waals surface area contributed by atoms with E-state index in [1.54, 1.807) is 12.4 Å². The van der Waals surface area contributed by atoms with E-state index in [1.165, 1.54) is 0 Å².